The first kappa shape index (κ1) is 21.7. The van der Waals surface area contributed by atoms with Crippen molar-refractivity contribution in [1.29, 1.82) is 0 Å². The van der Waals surface area contributed by atoms with Gasteiger partial charge in [-0.3, -0.25) is 9.59 Å². The van der Waals surface area contributed by atoms with E-state index in [1.165, 1.54) is 19.2 Å². The summed E-state index contributed by atoms with van der Waals surface area (Å²) in [6.07, 6.45) is -0.119. The van der Waals surface area contributed by atoms with Crippen LogP contribution in [0.5, 0.6) is 5.75 Å². The first-order valence-corrected chi connectivity index (χ1v) is 7.03. The molecule has 0 spiro atoms. The van der Waals surface area contributed by atoms with Crippen LogP contribution in [0.25, 0.3) is 0 Å². The number of methoxy groups -OCH3 is 1. The molecule has 2 amide bonds. The summed E-state index contributed by atoms with van der Waals surface area (Å²) in [5.41, 5.74) is 5.73. The Balaban J connectivity index is 0.00000529. The molecule has 0 fully saturated rings. The Kier molecular flexibility index (Phi) is 9.44. The number of amides is 2. The molecule has 0 atom stereocenters. The summed E-state index contributed by atoms with van der Waals surface area (Å²) in [7, 11) is 1.27. The predicted octanol–water partition coefficient (Wildman–Crippen LogP) is 0.696. The molecule has 0 unspecified atom stereocenters. The molecule has 134 valence electrons. The maximum absolute atomic E-state index is 11.9. The topological polar surface area (TPSA) is 120 Å². The minimum atomic E-state index is -0.534. The summed E-state index contributed by atoms with van der Waals surface area (Å²) in [6, 6.07) is 4.56. The van der Waals surface area contributed by atoms with Gasteiger partial charge in [0.15, 0.2) is 0 Å². The summed E-state index contributed by atoms with van der Waals surface area (Å²) in [5, 5.41) is 4.94. The number of ether oxygens (including phenoxy) is 2. The van der Waals surface area contributed by atoms with Crippen molar-refractivity contribution in [3.05, 3.63) is 23.8 Å². The van der Waals surface area contributed by atoms with Crippen molar-refractivity contribution in [1.82, 2.24) is 5.32 Å². The van der Waals surface area contributed by atoms with Crippen molar-refractivity contribution in [3.8, 4) is 5.75 Å². The lowest BCUT2D eigenvalue weighted by Crippen LogP contribution is -2.36. The first-order valence-electron chi connectivity index (χ1n) is 7.03. The summed E-state index contributed by atoms with van der Waals surface area (Å²) in [5.74, 6) is -1.04. The fraction of sp³-hybridized carbons (Fsp3) is 0.400. The van der Waals surface area contributed by atoms with Gasteiger partial charge in [0.1, 0.15) is 5.75 Å². The average molecular weight is 360 g/mol. The zero-order valence-electron chi connectivity index (χ0n) is 13.8. The number of esters is 1. The largest absolute Gasteiger partial charge is 0.489 e. The third kappa shape index (κ3) is 6.84. The summed E-state index contributed by atoms with van der Waals surface area (Å²) in [6.45, 7) is 3.23. The summed E-state index contributed by atoms with van der Waals surface area (Å²) in [4.78, 5) is 34.5. The number of carbonyl (C=O) groups is 3. The molecule has 0 aliphatic heterocycles. The molecule has 0 aromatic heterocycles. The van der Waals surface area contributed by atoms with Gasteiger partial charge >= 0.3 is 5.97 Å². The standard InChI is InChI=1S/C15H21N3O5.ClH/c1-9(2)23-12-5-4-10(15(21)22-3)6-11(12)18-14(20)8-17-13(19)7-16;/h4-6,9H,7-8,16H2,1-3H3,(H,17,19)(H,18,20);1H. The van der Waals surface area contributed by atoms with E-state index in [1.807, 2.05) is 13.8 Å². The van der Waals surface area contributed by atoms with Gasteiger partial charge in [0, 0.05) is 0 Å². The number of nitrogens with one attached hydrogen (secondary N) is 2. The third-order valence-corrected chi connectivity index (χ3v) is 2.67. The Morgan fingerprint density at radius 2 is 1.88 bits per heavy atom. The van der Waals surface area contributed by atoms with Crippen molar-refractivity contribution in [2.45, 2.75) is 20.0 Å². The van der Waals surface area contributed by atoms with E-state index in [0.29, 0.717) is 11.4 Å². The van der Waals surface area contributed by atoms with Crippen LogP contribution in [0.1, 0.15) is 24.2 Å². The number of halogens is 1. The van der Waals surface area contributed by atoms with E-state index in [9.17, 15) is 14.4 Å². The quantitative estimate of drug-likeness (QED) is 0.616. The predicted molar refractivity (Wildman–Crippen MR) is 91.5 cm³/mol. The maximum atomic E-state index is 11.9. The molecule has 8 nitrogen and oxygen atoms in total. The Labute approximate surface area is 146 Å². The van der Waals surface area contributed by atoms with Crippen molar-refractivity contribution >= 4 is 35.9 Å². The van der Waals surface area contributed by atoms with E-state index in [-0.39, 0.29) is 37.2 Å². The van der Waals surface area contributed by atoms with Gasteiger partial charge in [0.2, 0.25) is 11.8 Å². The molecule has 4 N–H and O–H groups in total. The fourth-order valence-corrected chi connectivity index (χ4v) is 1.67. The highest BCUT2D eigenvalue weighted by Crippen LogP contribution is 2.27. The molecule has 0 saturated carbocycles. The second kappa shape index (κ2) is 10.5. The van der Waals surface area contributed by atoms with E-state index < -0.39 is 17.8 Å². The zero-order valence-corrected chi connectivity index (χ0v) is 14.6. The van der Waals surface area contributed by atoms with Gasteiger partial charge in [-0.2, -0.15) is 0 Å². The highest BCUT2D eigenvalue weighted by molar-refractivity contribution is 5.98. The lowest BCUT2D eigenvalue weighted by molar-refractivity contribution is -0.123. The van der Waals surface area contributed by atoms with Crippen molar-refractivity contribution in [3.63, 3.8) is 0 Å². The smallest absolute Gasteiger partial charge is 0.337 e. The maximum Gasteiger partial charge on any atom is 0.337 e. The van der Waals surface area contributed by atoms with Crippen molar-refractivity contribution in [2.24, 2.45) is 5.73 Å². The molecule has 1 rings (SSSR count). The second-order valence-corrected chi connectivity index (χ2v) is 4.90. The van der Waals surface area contributed by atoms with E-state index in [0.717, 1.165) is 0 Å². The van der Waals surface area contributed by atoms with Gasteiger partial charge in [-0.05, 0) is 32.0 Å². The first-order chi connectivity index (χ1) is 10.9. The fourth-order valence-electron chi connectivity index (χ4n) is 1.67. The van der Waals surface area contributed by atoms with Gasteiger partial charge in [-0.15, -0.1) is 12.4 Å². The highest BCUT2D eigenvalue weighted by Gasteiger charge is 2.14. The molecule has 1 aromatic carbocycles. The number of hydrogen-bond donors (Lipinski definition) is 3. The van der Waals surface area contributed by atoms with Gasteiger partial charge in [0.05, 0.1) is 37.6 Å². The second-order valence-electron chi connectivity index (χ2n) is 4.90. The number of anilines is 1. The van der Waals surface area contributed by atoms with Crippen LogP contribution >= 0.6 is 12.4 Å². The van der Waals surface area contributed by atoms with Crippen molar-refractivity contribution < 1.29 is 23.9 Å². The lowest BCUT2D eigenvalue weighted by Gasteiger charge is -2.16. The van der Waals surface area contributed by atoms with E-state index in [2.05, 4.69) is 15.4 Å². The van der Waals surface area contributed by atoms with E-state index >= 15 is 0 Å². The molecule has 0 saturated heterocycles. The number of hydrogen-bond acceptors (Lipinski definition) is 6. The molecule has 0 radical (unpaired) electrons. The Morgan fingerprint density at radius 1 is 1.21 bits per heavy atom. The molecular formula is C15H22ClN3O5. The van der Waals surface area contributed by atoms with Gasteiger partial charge in [0.25, 0.3) is 0 Å². The van der Waals surface area contributed by atoms with Crippen LogP contribution in [0.15, 0.2) is 18.2 Å². The molecule has 0 heterocycles. The molecule has 24 heavy (non-hydrogen) atoms. The van der Waals surface area contributed by atoms with Crippen LogP contribution in [0.2, 0.25) is 0 Å². The van der Waals surface area contributed by atoms with E-state index in [4.69, 9.17) is 10.5 Å². The number of benzene rings is 1. The van der Waals surface area contributed by atoms with Gasteiger partial charge < -0.3 is 25.8 Å². The monoisotopic (exact) mass is 359 g/mol. The van der Waals surface area contributed by atoms with Crippen LogP contribution in [-0.4, -0.2) is 44.1 Å². The van der Waals surface area contributed by atoms with Crippen LogP contribution < -0.4 is 21.1 Å². The lowest BCUT2D eigenvalue weighted by atomic mass is 10.2. The Hall–Kier alpha value is -2.32. The molecule has 0 bridgehead atoms. The third-order valence-electron chi connectivity index (χ3n) is 2.67. The Morgan fingerprint density at radius 3 is 2.42 bits per heavy atom. The Bertz CT molecular complexity index is 592. The van der Waals surface area contributed by atoms with Gasteiger partial charge in [-0.1, -0.05) is 0 Å². The van der Waals surface area contributed by atoms with Crippen molar-refractivity contribution in [2.75, 3.05) is 25.5 Å². The number of rotatable bonds is 7. The van der Waals surface area contributed by atoms with Gasteiger partial charge in [-0.25, -0.2) is 4.79 Å². The van der Waals surface area contributed by atoms with E-state index in [1.54, 1.807) is 6.07 Å². The SMILES string of the molecule is COC(=O)c1ccc(OC(C)C)c(NC(=O)CNC(=O)CN)c1.Cl. The van der Waals surface area contributed by atoms with Crippen LogP contribution in [0.3, 0.4) is 0 Å². The molecule has 1 aromatic rings. The molecule has 0 aliphatic rings. The molecule has 0 aliphatic carbocycles. The average Bonchev–Trinajstić information content (AvgIpc) is 2.52. The highest BCUT2D eigenvalue weighted by atomic mass is 35.5. The summed E-state index contributed by atoms with van der Waals surface area (Å²) >= 11 is 0. The molecular weight excluding hydrogens is 338 g/mol. The van der Waals surface area contributed by atoms with Crippen LogP contribution in [-0.2, 0) is 14.3 Å². The minimum Gasteiger partial charge on any atom is -0.489 e. The van der Waals surface area contributed by atoms with Crippen LogP contribution in [0, 0.1) is 0 Å². The zero-order chi connectivity index (χ0) is 17.4. The molecule has 9 heteroatoms. The number of nitrogens with two attached hydrogens (primary N) is 1. The summed E-state index contributed by atoms with van der Waals surface area (Å²) < 4.78 is 10.2. The minimum absolute atomic E-state index is 0. The number of carbonyl (C=O) groups excluding carboxylic acids is 3. The normalized spacial score (nSPS) is 9.71. The van der Waals surface area contributed by atoms with Crippen LogP contribution in [0.4, 0.5) is 5.69 Å².